The molecule has 24 heavy (non-hydrogen) atoms. The molecule has 4 fully saturated rings. The zero-order chi connectivity index (χ0) is 16.9. The SMILES string of the molecule is O=C(CS(=O)(=O)Cc1ccc(Cl)cc1)C12CC3CC(CC(C3)C1)C2. The summed E-state index contributed by atoms with van der Waals surface area (Å²) >= 11 is 5.84. The van der Waals surface area contributed by atoms with Crippen molar-refractivity contribution in [2.45, 2.75) is 44.3 Å². The average molecular weight is 367 g/mol. The van der Waals surface area contributed by atoms with Gasteiger partial charge in [-0.2, -0.15) is 0 Å². The molecule has 0 N–H and O–H groups in total. The lowest BCUT2D eigenvalue weighted by Crippen LogP contribution is -2.51. The van der Waals surface area contributed by atoms with Gasteiger partial charge in [0.05, 0.1) is 5.75 Å². The van der Waals surface area contributed by atoms with E-state index >= 15 is 0 Å². The van der Waals surface area contributed by atoms with Crippen LogP contribution in [0.5, 0.6) is 0 Å². The summed E-state index contributed by atoms with van der Waals surface area (Å²) in [5.41, 5.74) is 0.361. The fourth-order valence-electron chi connectivity index (χ4n) is 5.69. The maximum absolute atomic E-state index is 13.0. The van der Waals surface area contributed by atoms with E-state index in [2.05, 4.69) is 0 Å². The first-order chi connectivity index (χ1) is 11.3. The van der Waals surface area contributed by atoms with Gasteiger partial charge in [-0.25, -0.2) is 8.42 Å². The first-order valence-corrected chi connectivity index (χ1v) is 11.0. The van der Waals surface area contributed by atoms with Crippen LogP contribution in [0.1, 0.15) is 44.1 Å². The summed E-state index contributed by atoms with van der Waals surface area (Å²) in [6.07, 6.45) is 6.54. The van der Waals surface area contributed by atoms with E-state index in [4.69, 9.17) is 11.6 Å². The Hall–Kier alpha value is -0.870. The van der Waals surface area contributed by atoms with Gasteiger partial charge in [0.2, 0.25) is 0 Å². The quantitative estimate of drug-likeness (QED) is 0.790. The van der Waals surface area contributed by atoms with Crippen LogP contribution in [0.15, 0.2) is 24.3 Å². The van der Waals surface area contributed by atoms with Crippen molar-refractivity contribution in [3.63, 3.8) is 0 Å². The van der Waals surface area contributed by atoms with Gasteiger partial charge in [-0.15, -0.1) is 0 Å². The van der Waals surface area contributed by atoms with Crippen molar-refractivity contribution >= 4 is 27.2 Å². The van der Waals surface area contributed by atoms with Crippen molar-refractivity contribution in [1.82, 2.24) is 0 Å². The van der Waals surface area contributed by atoms with E-state index < -0.39 is 9.84 Å². The molecule has 0 aliphatic heterocycles. The monoisotopic (exact) mass is 366 g/mol. The van der Waals surface area contributed by atoms with Crippen LogP contribution >= 0.6 is 11.6 Å². The summed E-state index contributed by atoms with van der Waals surface area (Å²) in [7, 11) is -3.43. The number of hydrogen-bond acceptors (Lipinski definition) is 3. The van der Waals surface area contributed by atoms with Crippen molar-refractivity contribution in [2.24, 2.45) is 23.2 Å². The Labute approximate surface area is 148 Å². The minimum absolute atomic E-state index is 0.0180. The predicted molar refractivity (Wildman–Crippen MR) is 94.6 cm³/mol. The number of carbonyl (C=O) groups excluding carboxylic acids is 1. The number of ketones is 1. The van der Waals surface area contributed by atoms with E-state index in [1.807, 2.05) is 0 Å². The normalized spacial score (nSPS) is 34.5. The van der Waals surface area contributed by atoms with Gasteiger partial charge in [0, 0.05) is 10.4 Å². The van der Waals surface area contributed by atoms with Crippen LogP contribution in [-0.2, 0) is 20.4 Å². The second-order valence-corrected chi connectivity index (χ2v) is 10.8. The van der Waals surface area contributed by atoms with Crippen LogP contribution in [0, 0.1) is 23.2 Å². The summed E-state index contributed by atoms with van der Waals surface area (Å²) in [6.45, 7) is 0. The smallest absolute Gasteiger partial charge is 0.161 e. The van der Waals surface area contributed by atoms with E-state index in [1.165, 1.54) is 19.3 Å². The van der Waals surface area contributed by atoms with Crippen molar-refractivity contribution in [1.29, 1.82) is 0 Å². The van der Waals surface area contributed by atoms with Gasteiger partial charge in [-0.3, -0.25) is 4.79 Å². The van der Waals surface area contributed by atoms with Gasteiger partial charge in [-0.05, 0) is 74.0 Å². The van der Waals surface area contributed by atoms with Gasteiger partial charge < -0.3 is 0 Å². The third kappa shape index (κ3) is 3.15. The molecular weight excluding hydrogens is 344 g/mol. The molecule has 0 spiro atoms. The Morgan fingerprint density at radius 3 is 2.00 bits per heavy atom. The van der Waals surface area contributed by atoms with Gasteiger partial charge in [0.25, 0.3) is 0 Å². The summed E-state index contributed by atoms with van der Waals surface area (Å²) in [6, 6.07) is 6.81. The minimum Gasteiger partial charge on any atom is -0.298 e. The molecular formula is C19H23ClO3S. The molecule has 0 amide bonds. The lowest BCUT2D eigenvalue weighted by molar-refractivity contribution is -0.141. The zero-order valence-electron chi connectivity index (χ0n) is 13.7. The van der Waals surface area contributed by atoms with Crippen molar-refractivity contribution in [2.75, 3.05) is 5.75 Å². The Kier molecular flexibility index (Phi) is 4.04. The van der Waals surface area contributed by atoms with Crippen molar-refractivity contribution in [3.05, 3.63) is 34.9 Å². The third-order valence-electron chi connectivity index (χ3n) is 6.28. The minimum atomic E-state index is -3.43. The van der Waals surface area contributed by atoms with E-state index in [1.54, 1.807) is 24.3 Å². The number of Topliss-reactive ketones (excluding diaryl/α,β-unsaturated/α-hetero) is 1. The van der Waals surface area contributed by atoms with E-state index in [9.17, 15) is 13.2 Å². The zero-order valence-corrected chi connectivity index (χ0v) is 15.3. The molecule has 5 rings (SSSR count). The van der Waals surface area contributed by atoms with Gasteiger partial charge in [0.15, 0.2) is 15.6 Å². The topological polar surface area (TPSA) is 51.2 Å². The van der Waals surface area contributed by atoms with Crippen molar-refractivity contribution < 1.29 is 13.2 Å². The number of hydrogen-bond donors (Lipinski definition) is 0. The predicted octanol–water partition coefficient (Wildman–Crippen LogP) is 4.04. The largest absolute Gasteiger partial charge is 0.298 e. The van der Waals surface area contributed by atoms with Crippen LogP contribution in [0.2, 0.25) is 5.02 Å². The molecule has 0 aromatic heterocycles. The van der Waals surface area contributed by atoms with Gasteiger partial charge in [-0.1, -0.05) is 23.7 Å². The molecule has 0 unspecified atom stereocenters. The second kappa shape index (κ2) is 5.84. The second-order valence-electron chi connectivity index (χ2n) is 8.28. The Balaban J connectivity index is 1.48. The molecule has 0 atom stereocenters. The summed E-state index contributed by atoms with van der Waals surface area (Å²) < 4.78 is 25.1. The molecule has 4 saturated carbocycles. The summed E-state index contributed by atoms with van der Waals surface area (Å²) in [5, 5.41) is 0.584. The lowest BCUT2D eigenvalue weighted by atomic mass is 9.48. The van der Waals surface area contributed by atoms with E-state index in [-0.39, 0.29) is 22.7 Å². The van der Waals surface area contributed by atoms with E-state index in [0.29, 0.717) is 28.3 Å². The molecule has 1 aromatic carbocycles. The highest BCUT2D eigenvalue weighted by Gasteiger charge is 2.54. The molecule has 0 radical (unpaired) electrons. The highest BCUT2D eigenvalue weighted by atomic mass is 35.5. The van der Waals surface area contributed by atoms with Crippen molar-refractivity contribution in [3.8, 4) is 0 Å². The van der Waals surface area contributed by atoms with Crippen LogP contribution in [0.3, 0.4) is 0 Å². The highest BCUT2D eigenvalue weighted by molar-refractivity contribution is 7.91. The molecule has 0 saturated heterocycles. The molecule has 130 valence electrons. The fourth-order valence-corrected chi connectivity index (χ4v) is 7.32. The number of benzene rings is 1. The Morgan fingerprint density at radius 2 is 1.50 bits per heavy atom. The highest BCUT2D eigenvalue weighted by Crippen LogP contribution is 2.60. The van der Waals surface area contributed by atoms with Crippen LogP contribution in [0.4, 0.5) is 0 Å². The number of rotatable bonds is 5. The summed E-state index contributed by atoms with van der Waals surface area (Å²) in [5.74, 6) is 1.55. The van der Waals surface area contributed by atoms with Crippen LogP contribution in [0.25, 0.3) is 0 Å². The first kappa shape index (κ1) is 16.6. The molecule has 5 heteroatoms. The molecule has 3 nitrogen and oxygen atoms in total. The van der Waals surface area contributed by atoms with Gasteiger partial charge in [0.1, 0.15) is 5.75 Å². The number of carbonyl (C=O) groups is 1. The standard InChI is InChI=1S/C19H23ClO3S/c20-17-3-1-13(2-4-17)11-24(22,23)12-18(21)19-8-14-5-15(9-19)7-16(6-14)10-19/h1-4,14-16H,5-12H2. The van der Waals surface area contributed by atoms with Crippen LogP contribution < -0.4 is 0 Å². The third-order valence-corrected chi connectivity index (χ3v) is 8.01. The Bertz CT molecular complexity index is 716. The average Bonchev–Trinajstić information content (AvgIpc) is 2.47. The number of halogens is 1. The van der Waals surface area contributed by atoms with Crippen LogP contribution in [-0.4, -0.2) is 20.0 Å². The lowest BCUT2D eigenvalue weighted by Gasteiger charge is -2.55. The fraction of sp³-hybridized carbons (Fsp3) is 0.632. The maximum Gasteiger partial charge on any atom is 0.161 e. The van der Waals surface area contributed by atoms with E-state index in [0.717, 1.165) is 19.3 Å². The molecule has 4 bridgehead atoms. The van der Waals surface area contributed by atoms with Gasteiger partial charge >= 0.3 is 0 Å². The molecule has 4 aliphatic carbocycles. The molecule has 4 aliphatic rings. The molecule has 1 aromatic rings. The number of sulfone groups is 1. The maximum atomic E-state index is 13.0. The Morgan fingerprint density at radius 1 is 1.00 bits per heavy atom. The molecule has 0 heterocycles. The summed E-state index contributed by atoms with van der Waals surface area (Å²) in [4.78, 5) is 13.0. The first-order valence-electron chi connectivity index (χ1n) is 8.82.